The Hall–Kier alpha value is -0.780. The molecule has 0 amide bonds. The van der Waals surface area contributed by atoms with Crippen molar-refractivity contribution < 1.29 is 2.74 Å². The van der Waals surface area contributed by atoms with Gasteiger partial charge in [-0.2, -0.15) is 0 Å². The maximum Gasteiger partial charge on any atom is 0.0280 e. The number of rotatable bonds is 0. The SMILES string of the molecule is [2H]C([2H])c1cccc(C)c1. The van der Waals surface area contributed by atoms with E-state index in [0.29, 0.717) is 0 Å². The Morgan fingerprint density at radius 3 is 2.62 bits per heavy atom. The Morgan fingerprint density at radius 2 is 2.12 bits per heavy atom. The van der Waals surface area contributed by atoms with Gasteiger partial charge in [-0.15, -0.1) is 0 Å². The molecule has 1 aromatic carbocycles. The molecule has 0 aliphatic rings. The van der Waals surface area contributed by atoms with E-state index < -0.39 is 6.88 Å². The predicted octanol–water partition coefficient (Wildman–Crippen LogP) is 2.30. The van der Waals surface area contributed by atoms with Gasteiger partial charge in [-0.25, -0.2) is 0 Å². The molecule has 0 spiro atoms. The quantitative estimate of drug-likeness (QED) is 0.478. The highest BCUT2D eigenvalue weighted by molar-refractivity contribution is 5.20. The Balaban J connectivity index is 2.96. The lowest BCUT2D eigenvalue weighted by molar-refractivity contribution is 1.39. The van der Waals surface area contributed by atoms with E-state index in [9.17, 15) is 0 Å². The highest BCUT2D eigenvalue weighted by Crippen LogP contribution is 2.00. The molecule has 0 unspecified atom stereocenters. The van der Waals surface area contributed by atoms with Crippen molar-refractivity contribution >= 4 is 0 Å². The van der Waals surface area contributed by atoms with Crippen molar-refractivity contribution in [1.82, 2.24) is 0 Å². The van der Waals surface area contributed by atoms with Crippen molar-refractivity contribution in [3.05, 3.63) is 35.4 Å². The van der Waals surface area contributed by atoms with Gasteiger partial charge in [-0.05, 0) is 13.8 Å². The van der Waals surface area contributed by atoms with E-state index in [1.165, 1.54) is 0 Å². The molecule has 0 aliphatic carbocycles. The summed E-state index contributed by atoms with van der Waals surface area (Å²) in [6.07, 6.45) is 0. The molecule has 8 heavy (non-hydrogen) atoms. The first-order valence-corrected chi connectivity index (χ1v) is 2.61. The molecule has 0 fully saturated rings. The van der Waals surface area contributed by atoms with E-state index in [2.05, 4.69) is 0 Å². The first-order chi connectivity index (χ1) is 4.70. The van der Waals surface area contributed by atoms with Crippen LogP contribution in [0.3, 0.4) is 0 Å². The molecule has 0 aromatic heterocycles. The first kappa shape index (κ1) is 3.29. The maximum absolute atomic E-state index is 7.08. The molecule has 0 N–H and O–H groups in total. The van der Waals surface area contributed by atoms with Crippen LogP contribution in [0.5, 0.6) is 0 Å². The van der Waals surface area contributed by atoms with Gasteiger partial charge >= 0.3 is 0 Å². The van der Waals surface area contributed by atoms with Crippen molar-refractivity contribution in [1.29, 1.82) is 0 Å². The largest absolute Gasteiger partial charge is 0.0617 e. The van der Waals surface area contributed by atoms with Gasteiger partial charge in [-0.1, -0.05) is 35.4 Å². The number of hydrogen-bond donors (Lipinski definition) is 0. The van der Waals surface area contributed by atoms with E-state index in [1.54, 1.807) is 6.07 Å². The van der Waals surface area contributed by atoms with Gasteiger partial charge in [0.1, 0.15) is 0 Å². The fourth-order valence-corrected chi connectivity index (χ4v) is 0.670. The monoisotopic (exact) mass is 108 g/mol. The average molecular weight is 108 g/mol. The Kier molecular flexibility index (Phi) is 0.819. The topological polar surface area (TPSA) is 0 Å². The molecule has 0 heterocycles. The van der Waals surface area contributed by atoms with Crippen LogP contribution >= 0.6 is 0 Å². The van der Waals surface area contributed by atoms with Crippen molar-refractivity contribution in [2.75, 3.05) is 0 Å². The molecule has 0 aliphatic heterocycles. The molecule has 0 saturated heterocycles. The normalized spacial score (nSPS) is 13.2. The van der Waals surface area contributed by atoms with Gasteiger partial charge in [0.15, 0.2) is 0 Å². The lowest BCUT2D eigenvalue weighted by atomic mass is 10.2. The molecular weight excluding hydrogens is 96.1 g/mol. The smallest absolute Gasteiger partial charge is 0.0280 e. The fourth-order valence-electron chi connectivity index (χ4n) is 0.670. The fraction of sp³-hybridized carbons (Fsp3) is 0.250. The highest BCUT2D eigenvalue weighted by atomic mass is 13.9. The standard InChI is InChI=1S/C8H10/c1-7-4-3-5-8(2)6-7/h3-6H,1-2H3/i1D2. The zero-order valence-corrected chi connectivity index (χ0v) is 4.89. The van der Waals surface area contributed by atoms with Gasteiger partial charge in [-0.3, -0.25) is 0 Å². The van der Waals surface area contributed by atoms with E-state index in [-0.39, 0.29) is 0 Å². The van der Waals surface area contributed by atoms with Crippen molar-refractivity contribution in [2.45, 2.75) is 13.8 Å². The molecule has 0 radical (unpaired) electrons. The summed E-state index contributed by atoms with van der Waals surface area (Å²) in [6, 6.07) is 7.51. The molecule has 0 bridgehead atoms. The lowest BCUT2D eigenvalue weighted by Gasteiger charge is -1.90. The van der Waals surface area contributed by atoms with Crippen LogP contribution in [0.2, 0.25) is 0 Å². The summed E-state index contributed by atoms with van der Waals surface area (Å²) < 4.78 is 14.2. The third kappa shape index (κ3) is 1.09. The number of hydrogen-bond acceptors (Lipinski definition) is 0. The van der Waals surface area contributed by atoms with Crippen LogP contribution in [0, 0.1) is 13.8 Å². The minimum atomic E-state index is -0.847. The third-order valence-corrected chi connectivity index (χ3v) is 1.04. The zero-order valence-electron chi connectivity index (χ0n) is 6.89. The molecule has 0 nitrogen and oxygen atoms in total. The average Bonchev–Trinajstić information content (AvgIpc) is 1.88. The maximum atomic E-state index is 7.08. The van der Waals surface area contributed by atoms with E-state index in [1.807, 2.05) is 25.1 Å². The van der Waals surface area contributed by atoms with Crippen molar-refractivity contribution in [3.63, 3.8) is 0 Å². The minimum absolute atomic E-state index is 0.764. The van der Waals surface area contributed by atoms with Crippen LogP contribution in [0.4, 0.5) is 0 Å². The summed E-state index contributed by atoms with van der Waals surface area (Å²) >= 11 is 0. The molecule has 1 rings (SSSR count). The van der Waals surface area contributed by atoms with Crippen LogP contribution in [-0.2, 0) is 0 Å². The van der Waals surface area contributed by atoms with E-state index in [4.69, 9.17) is 2.74 Å². The lowest BCUT2D eigenvalue weighted by Crippen LogP contribution is -1.71. The van der Waals surface area contributed by atoms with Crippen LogP contribution in [-0.4, -0.2) is 0 Å². The minimum Gasteiger partial charge on any atom is -0.0617 e. The van der Waals surface area contributed by atoms with E-state index >= 15 is 0 Å². The molecular formula is C8H10. The molecule has 42 valence electrons. The van der Waals surface area contributed by atoms with Crippen molar-refractivity contribution in [3.8, 4) is 0 Å². The number of benzene rings is 1. The summed E-state index contributed by atoms with van der Waals surface area (Å²) in [5, 5.41) is 0. The predicted molar refractivity (Wildman–Crippen MR) is 35.9 cm³/mol. The molecule has 0 saturated carbocycles. The van der Waals surface area contributed by atoms with Crippen LogP contribution in [0.15, 0.2) is 24.3 Å². The Labute approximate surface area is 53.0 Å². The Morgan fingerprint density at radius 1 is 1.38 bits per heavy atom. The second kappa shape index (κ2) is 1.99. The van der Waals surface area contributed by atoms with Gasteiger partial charge in [0.25, 0.3) is 0 Å². The highest BCUT2D eigenvalue weighted by Gasteiger charge is 1.80. The molecule has 0 atom stereocenters. The van der Waals surface area contributed by atoms with Gasteiger partial charge in [0.05, 0.1) is 0 Å². The van der Waals surface area contributed by atoms with Crippen LogP contribution in [0.1, 0.15) is 13.9 Å². The summed E-state index contributed by atoms with van der Waals surface area (Å²) in [7, 11) is 0. The first-order valence-electron chi connectivity index (χ1n) is 3.76. The summed E-state index contributed by atoms with van der Waals surface area (Å²) in [4.78, 5) is 0. The summed E-state index contributed by atoms with van der Waals surface area (Å²) in [5.74, 6) is 0. The van der Waals surface area contributed by atoms with E-state index in [0.717, 1.165) is 11.1 Å². The van der Waals surface area contributed by atoms with Gasteiger partial charge in [0.2, 0.25) is 0 Å². The van der Waals surface area contributed by atoms with Crippen LogP contribution < -0.4 is 0 Å². The second-order valence-corrected chi connectivity index (χ2v) is 1.91. The number of aryl methyl sites for hydroxylation is 2. The van der Waals surface area contributed by atoms with Gasteiger partial charge < -0.3 is 0 Å². The van der Waals surface area contributed by atoms with Crippen LogP contribution in [0.25, 0.3) is 0 Å². The second-order valence-electron chi connectivity index (χ2n) is 1.91. The van der Waals surface area contributed by atoms with Crippen molar-refractivity contribution in [2.24, 2.45) is 0 Å². The molecule has 1 aromatic rings. The summed E-state index contributed by atoms with van der Waals surface area (Å²) in [6.45, 7) is 1.12. The Bertz CT molecular complexity index is 218. The third-order valence-electron chi connectivity index (χ3n) is 1.04. The summed E-state index contributed by atoms with van der Waals surface area (Å²) in [5.41, 5.74) is 1.88. The van der Waals surface area contributed by atoms with Gasteiger partial charge in [0, 0.05) is 2.74 Å². The molecule has 0 heteroatoms. The zero-order chi connectivity index (χ0) is 7.56.